The number of methoxy groups -OCH3 is 1. The van der Waals surface area contributed by atoms with Gasteiger partial charge < -0.3 is 15.5 Å². The molecule has 2 rings (SSSR count). The summed E-state index contributed by atoms with van der Waals surface area (Å²) in [6.45, 7) is 1.85. The zero-order valence-electron chi connectivity index (χ0n) is 11.7. The Labute approximate surface area is 121 Å². The van der Waals surface area contributed by atoms with E-state index in [4.69, 9.17) is 10.6 Å². The summed E-state index contributed by atoms with van der Waals surface area (Å²) in [5, 5.41) is 2.51. The largest absolute Gasteiger partial charge is 0.497 e. The summed E-state index contributed by atoms with van der Waals surface area (Å²) in [6, 6.07) is 9.29. The molecule has 0 aliphatic heterocycles. The molecule has 110 valence electrons. The first-order chi connectivity index (χ1) is 10.0. The van der Waals surface area contributed by atoms with Crippen LogP contribution in [-0.4, -0.2) is 13.0 Å². The van der Waals surface area contributed by atoms with Crippen molar-refractivity contribution in [2.75, 3.05) is 17.9 Å². The van der Waals surface area contributed by atoms with Crippen LogP contribution in [0.1, 0.15) is 15.9 Å². The Morgan fingerprint density at radius 1 is 1.19 bits per heavy atom. The number of carbonyl (C=O) groups is 1. The quantitative estimate of drug-likeness (QED) is 0.597. The van der Waals surface area contributed by atoms with E-state index in [0.29, 0.717) is 17.0 Å². The number of carbonyl (C=O) groups excluding carboxylic acids is 1. The standard InChI is InChI=1S/C15H16FN3O2/c1-9-3-6-13(19-17)11(7-9)15(20)18-14-8-10(21-2)4-5-12(14)16/h3-8,19H,17H2,1-2H3,(H,18,20). The summed E-state index contributed by atoms with van der Waals surface area (Å²) < 4.78 is 18.7. The Kier molecular flexibility index (Phi) is 4.39. The number of nitrogen functional groups attached to an aromatic ring is 1. The summed E-state index contributed by atoms with van der Waals surface area (Å²) >= 11 is 0. The van der Waals surface area contributed by atoms with Crippen molar-refractivity contribution in [2.45, 2.75) is 6.92 Å². The van der Waals surface area contributed by atoms with Gasteiger partial charge in [0.05, 0.1) is 24.0 Å². The molecule has 0 heterocycles. The molecule has 4 N–H and O–H groups in total. The lowest BCUT2D eigenvalue weighted by Crippen LogP contribution is -2.18. The molecule has 0 atom stereocenters. The van der Waals surface area contributed by atoms with Gasteiger partial charge in [0, 0.05) is 6.07 Å². The maximum Gasteiger partial charge on any atom is 0.257 e. The smallest absolute Gasteiger partial charge is 0.257 e. The van der Waals surface area contributed by atoms with Gasteiger partial charge in [-0.2, -0.15) is 0 Å². The van der Waals surface area contributed by atoms with Gasteiger partial charge in [0.15, 0.2) is 0 Å². The fourth-order valence-corrected chi connectivity index (χ4v) is 1.89. The number of amides is 1. The lowest BCUT2D eigenvalue weighted by atomic mass is 10.1. The third kappa shape index (κ3) is 3.29. The van der Waals surface area contributed by atoms with Gasteiger partial charge in [0.25, 0.3) is 5.91 Å². The van der Waals surface area contributed by atoms with Crippen molar-refractivity contribution >= 4 is 17.3 Å². The average molecular weight is 289 g/mol. The van der Waals surface area contributed by atoms with E-state index in [-0.39, 0.29) is 5.69 Å². The third-order valence-electron chi connectivity index (χ3n) is 3.00. The Morgan fingerprint density at radius 2 is 1.95 bits per heavy atom. The fourth-order valence-electron chi connectivity index (χ4n) is 1.89. The normalized spacial score (nSPS) is 10.1. The van der Waals surface area contributed by atoms with Gasteiger partial charge in [0.1, 0.15) is 11.6 Å². The van der Waals surface area contributed by atoms with Gasteiger partial charge in [-0.05, 0) is 31.2 Å². The van der Waals surface area contributed by atoms with Crippen LogP contribution in [0.3, 0.4) is 0 Å². The minimum absolute atomic E-state index is 0.0452. The average Bonchev–Trinajstić information content (AvgIpc) is 2.49. The van der Waals surface area contributed by atoms with Crippen molar-refractivity contribution in [3.05, 3.63) is 53.3 Å². The maximum absolute atomic E-state index is 13.7. The molecule has 5 nitrogen and oxygen atoms in total. The van der Waals surface area contributed by atoms with Gasteiger partial charge in [-0.25, -0.2) is 4.39 Å². The predicted molar refractivity (Wildman–Crippen MR) is 79.9 cm³/mol. The summed E-state index contributed by atoms with van der Waals surface area (Å²) in [6.07, 6.45) is 0. The Morgan fingerprint density at radius 3 is 2.62 bits per heavy atom. The van der Waals surface area contributed by atoms with Crippen LogP contribution in [0.5, 0.6) is 5.75 Å². The molecular formula is C15H16FN3O2. The summed E-state index contributed by atoms with van der Waals surface area (Å²) in [5.41, 5.74) is 4.18. The SMILES string of the molecule is COc1ccc(F)c(NC(=O)c2cc(C)ccc2NN)c1. The molecule has 0 fully saturated rings. The topological polar surface area (TPSA) is 76.4 Å². The number of hydrogen-bond acceptors (Lipinski definition) is 4. The van der Waals surface area contributed by atoms with E-state index in [1.165, 1.54) is 25.3 Å². The lowest BCUT2D eigenvalue weighted by Gasteiger charge is -2.12. The molecule has 0 aromatic heterocycles. The molecule has 0 unspecified atom stereocenters. The first-order valence-electron chi connectivity index (χ1n) is 6.27. The zero-order chi connectivity index (χ0) is 15.4. The van der Waals surface area contributed by atoms with Crippen molar-refractivity contribution in [2.24, 2.45) is 5.84 Å². The van der Waals surface area contributed by atoms with E-state index >= 15 is 0 Å². The van der Waals surface area contributed by atoms with Crippen molar-refractivity contribution in [1.82, 2.24) is 0 Å². The van der Waals surface area contributed by atoms with Gasteiger partial charge in [-0.3, -0.25) is 10.6 Å². The summed E-state index contributed by atoms with van der Waals surface area (Å²) in [4.78, 5) is 12.3. The van der Waals surface area contributed by atoms with Crippen LogP contribution < -0.4 is 21.3 Å². The first-order valence-corrected chi connectivity index (χ1v) is 6.27. The molecule has 0 spiro atoms. The minimum Gasteiger partial charge on any atom is -0.497 e. The number of aryl methyl sites for hydroxylation is 1. The van der Waals surface area contributed by atoms with Crippen molar-refractivity contribution in [3.8, 4) is 5.75 Å². The number of hydrogen-bond donors (Lipinski definition) is 3. The maximum atomic E-state index is 13.7. The van der Waals surface area contributed by atoms with E-state index in [1.807, 2.05) is 13.0 Å². The number of ether oxygens (including phenoxy) is 1. The van der Waals surface area contributed by atoms with Crippen LogP contribution >= 0.6 is 0 Å². The molecule has 0 bridgehead atoms. The van der Waals surface area contributed by atoms with Gasteiger partial charge >= 0.3 is 0 Å². The lowest BCUT2D eigenvalue weighted by molar-refractivity contribution is 0.102. The van der Waals surface area contributed by atoms with Crippen molar-refractivity contribution < 1.29 is 13.9 Å². The molecule has 21 heavy (non-hydrogen) atoms. The van der Waals surface area contributed by atoms with E-state index in [9.17, 15) is 9.18 Å². The first kappa shape index (κ1) is 14.8. The molecule has 0 aliphatic rings. The van der Waals surface area contributed by atoms with E-state index < -0.39 is 11.7 Å². The van der Waals surface area contributed by atoms with Crippen LogP contribution in [0.15, 0.2) is 36.4 Å². The minimum atomic E-state index is -0.543. The van der Waals surface area contributed by atoms with E-state index in [1.54, 1.807) is 12.1 Å². The highest BCUT2D eigenvalue weighted by atomic mass is 19.1. The summed E-state index contributed by atoms with van der Waals surface area (Å²) in [5.74, 6) is 4.83. The Hall–Kier alpha value is -2.60. The molecule has 2 aromatic rings. The summed E-state index contributed by atoms with van der Waals surface area (Å²) in [7, 11) is 1.47. The number of rotatable bonds is 4. The number of halogens is 1. The zero-order valence-corrected chi connectivity index (χ0v) is 11.7. The Balaban J connectivity index is 2.32. The van der Waals surface area contributed by atoms with Crippen molar-refractivity contribution in [3.63, 3.8) is 0 Å². The van der Waals surface area contributed by atoms with Crippen LogP contribution in [0, 0.1) is 12.7 Å². The van der Waals surface area contributed by atoms with Gasteiger partial charge in [0.2, 0.25) is 0 Å². The molecule has 6 heteroatoms. The molecule has 2 aromatic carbocycles. The number of anilines is 2. The molecule has 0 aliphatic carbocycles. The molecule has 0 saturated heterocycles. The van der Waals surface area contributed by atoms with Crippen LogP contribution in [0.25, 0.3) is 0 Å². The van der Waals surface area contributed by atoms with Crippen LogP contribution in [-0.2, 0) is 0 Å². The highest BCUT2D eigenvalue weighted by Gasteiger charge is 2.14. The molecule has 0 saturated carbocycles. The number of benzene rings is 2. The Bertz CT molecular complexity index is 674. The van der Waals surface area contributed by atoms with Crippen LogP contribution in [0.4, 0.5) is 15.8 Å². The second-order valence-corrected chi connectivity index (χ2v) is 4.49. The molecule has 0 radical (unpaired) electrons. The van der Waals surface area contributed by atoms with E-state index in [2.05, 4.69) is 10.7 Å². The van der Waals surface area contributed by atoms with Gasteiger partial charge in [-0.1, -0.05) is 11.6 Å². The van der Waals surface area contributed by atoms with E-state index in [0.717, 1.165) is 5.56 Å². The number of nitrogens with two attached hydrogens (primary N) is 1. The van der Waals surface area contributed by atoms with Gasteiger partial charge in [-0.15, -0.1) is 0 Å². The second-order valence-electron chi connectivity index (χ2n) is 4.49. The molecule has 1 amide bonds. The monoisotopic (exact) mass is 289 g/mol. The number of nitrogens with one attached hydrogen (secondary N) is 2. The molecular weight excluding hydrogens is 273 g/mol. The fraction of sp³-hybridized carbons (Fsp3) is 0.133. The second kappa shape index (κ2) is 6.23. The highest BCUT2D eigenvalue weighted by Crippen LogP contribution is 2.23. The van der Waals surface area contributed by atoms with Crippen LogP contribution in [0.2, 0.25) is 0 Å². The predicted octanol–water partition coefficient (Wildman–Crippen LogP) is 2.68. The number of hydrazine groups is 1. The van der Waals surface area contributed by atoms with Crippen molar-refractivity contribution in [1.29, 1.82) is 0 Å². The third-order valence-corrected chi connectivity index (χ3v) is 3.00. The highest BCUT2D eigenvalue weighted by molar-refractivity contribution is 6.08.